The molecular weight excluding hydrogens is 413 g/mol. The number of rotatable bonds is 7. The van der Waals surface area contributed by atoms with Gasteiger partial charge in [0.15, 0.2) is 0 Å². The Morgan fingerprint density at radius 1 is 0.871 bits per heavy atom. The smallest absolute Gasteiger partial charge is 0.350 e. The lowest BCUT2D eigenvalue weighted by Crippen LogP contribution is -2.37. The van der Waals surface area contributed by atoms with Gasteiger partial charge in [0, 0.05) is 30.3 Å². The van der Waals surface area contributed by atoms with E-state index in [-0.39, 0.29) is 36.5 Å². The average Bonchev–Trinajstić information content (AvgIpc) is 3.57. The van der Waals surface area contributed by atoms with Crippen molar-refractivity contribution in [1.82, 2.24) is 10.6 Å². The van der Waals surface area contributed by atoms with E-state index in [1.807, 2.05) is 0 Å². The Hall–Kier alpha value is -3.56. The Morgan fingerprint density at radius 2 is 1.52 bits per heavy atom. The van der Waals surface area contributed by atoms with Crippen LogP contribution in [0.1, 0.15) is 28.8 Å². The van der Waals surface area contributed by atoms with Gasteiger partial charge < -0.3 is 21.3 Å². The van der Waals surface area contributed by atoms with Gasteiger partial charge in [-0.15, -0.1) is 0 Å². The van der Waals surface area contributed by atoms with Crippen LogP contribution in [0.15, 0.2) is 48.5 Å². The fourth-order valence-electron chi connectivity index (χ4n) is 2.75. The van der Waals surface area contributed by atoms with E-state index in [0.717, 1.165) is 25.0 Å². The number of alkyl halides is 3. The topological polar surface area (TPSA) is 99.3 Å². The molecule has 0 aromatic heterocycles. The fraction of sp³-hybridized carbons (Fsp3) is 0.286. The molecule has 0 unspecified atom stereocenters. The highest BCUT2D eigenvalue weighted by Gasteiger charge is 2.33. The normalized spacial score (nSPS) is 13.3. The van der Waals surface area contributed by atoms with E-state index in [9.17, 15) is 27.6 Å². The summed E-state index contributed by atoms with van der Waals surface area (Å²) in [5.41, 5.74) is -0.334. The van der Waals surface area contributed by atoms with Crippen LogP contribution >= 0.6 is 0 Å². The summed E-state index contributed by atoms with van der Waals surface area (Å²) in [6.07, 6.45) is -2.80. The number of halogens is 3. The molecule has 0 aliphatic heterocycles. The summed E-state index contributed by atoms with van der Waals surface area (Å²) in [6, 6.07) is 10.2. The second kappa shape index (κ2) is 9.50. The summed E-state index contributed by atoms with van der Waals surface area (Å²) in [4.78, 5) is 35.7. The molecule has 7 nitrogen and oxygen atoms in total. The van der Waals surface area contributed by atoms with Crippen LogP contribution in [0.2, 0.25) is 0 Å². The maximum atomic E-state index is 12.9. The van der Waals surface area contributed by atoms with Crippen molar-refractivity contribution in [2.24, 2.45) is 5.92 Å². The standard InChI is InChI=1S/C21H21F3N4O3/c22-21(23,24)16-3-1-2-4-17(16)28-20(31)26-12-11-25-18(29)13-7-9-15(10-8-13)27-19(30)14-5-6-14/h1-4,7-10,14H,5-6,11-12H2,(H,25,29)(H,27,30)(H2,26,28,31). The zero-order valence-electron chi connectivity index (χ0n) is 16.4. The second-order valence-corrected chi connectivity index (χ2v) is 7.02. The number of anilines is 2. The van der Waals surface area contributed by atoms with Gasteiger partial charge >= 0.3 is 12.2 Å². The van der Waals surface area contributed by atoms with E-state index in [1.165, 1.54) is 12.1 Å². The number of amides is 4. The predicted octanol–water partition coefficient (Wildman–Crippen LogP) is 3.61. The van der Waals surface area contributed by atoms with Crippen molar-refractivity contribution in [1.29, 1.82) is 0 Å². The molecule has 0 heterocycles. The first kappa shape index (κ1) is 22.1. The quantitative estimate of drug-likeness (QED) is 0.501. The molecule has 0 spiro atoms. The summed E-state index contributed by atoms with van der Waals surface area (Å²) in [6.45, 7) is 0.0919. The SMILES string of the molecule is O=C(NCCNC(=O)c1ccc(NC(=O)C2CC2)cc1)Nc1ccccc1C(F)(F)F. The molecule has 1 saturated carbocycles. The molecule has 0 atom stereocenters. The Balaban J connectivity index is 1.41. The highest BCUT2D eigenvalue weighted by molar-refractivity contribution is 5.97. The highest BCUT2D eigenvalue weighted by Crippen LogP contribution is 2.34. The van der Waals surface area contributed by atoms with Crippen molar-refractivity contribution in [3.05, 3.63) is 59.7 Å². The molecular formula is C21H21F3N4O3. The molecule has 164 valence electrons. The van der Waals surface area contributed by atoms with Gasteiger partial charge in [0.25, 0.3) is 5.91 Å². The van der Waals surface area contributed by atoms with Crippen molar-refractivity contribution in [2.45, 2.75) is 19.0 Å². The maximum absolute atomic E-state index is 12.9. The highest BCUT2D eigenvalue weighted by atomic mass is 19.4. The van der Waals surface area contributed by atoms with Gasteiger partial charge in [0.1, 0.15) is 0 Å². The third-order valence-corrected chi connectivity index (χ3v) is 4.54. The number of hydrogen-bond donors (Lipinski definition) is 4. The monoisotopic (exact) mass is 434 g/mol. The van der Waals surface area contributed by atoms with Gasteiger partial charge in [-0.3, -0.25) is 9.59 Å². The van der Waals surface area contributed by atoms with E-state index in [4.69, 9.17) is 0 Å². The van der Waals surface area contributed by atoms with Crippen molar-refractivity contribution in [3.63, 3.8) is 0 Å². The number of benzene rings is 2. The van der Waals surface area contributed by atoms with E-state index >= 15 is 0 Å². The number of para-hydroxylation sites is 1. The van der Waals surface area contributed by atoms with Gasteiger partial charge in [-0.25, -0.2) is 4.79 Å². The summed E-state index contributed by atoms with van der Waals surface area (Å²) in [5, 5.41) is 9.90. The molecule has 2 aromatic carbocycles. The molecule has 1 aliphatic rings. The van der Waals surface area contributed by atoms with Crippen LogP contribution < -0.4 is 21.3 Å². The number of urea groups is 1. The minimum atomic E-state index is -4.59. The maximum Gasteiger partial charge on any atom is 0.418 e. The molecule has 4 N–H and O–H groups in total. The number of carbonyl (C=O) groups excluding carboxylic acids is 3. The molecule has 31 heavy (non-hydrogen) atoms. The molecule has 4 amide bonds. The predicted molar refractivity (Wildman–Crippen MR) is 109 cm³/mol. The average molecular weight is 434 g/mol. The number of nitrogens with one attached hydrogen (secondary N) is 4. The van der Waals surface area contributed by atoms with Gasteiger partial charge in [0.05, 0.1) is 11.3 Å². The van der Waals surface area contributed by atoms with Crippen molar-refractivity contribution in [3.8, 4) is 0 Å². The Kier molecular flexibility index (Phi) is 6.78. The molecule has 1 aliphatic carbocycles. The third kappa shape index (κ3) is 6.46. The molecule has 1 fully saturated rings. The van der Waals surface area contributed by atoms with Crippen LogP contribution in [0.4, 0.5) is 29.3 Å². The van der Waals surface area contributed by atoms with Crippen molar-refractivity contribution in [2.75, 3.05) is 23.7 Å². The zero-order chi connectivity index (χ0) is 22.4. The Bertz CT molecular complexity index is 957. The fourth-order valence-corrected chi connectivity index (χ4v) is 2.75. The van der Waals surface area contributed by atoms with Crippen LogP contribution in [0.3, 0.4) is 0 Å². The lowest BCUT2D eigenvalue weighted by atomic mass is 10.1. The number of carbonyl (C=O) groups is 3. The Labute approximate surface area is 176 Å². The van der Waals surface area contributed by atoms with Crippen LogP contribution in [0.5, 0.6) is 0 Å². The summed E-state index contributed by atoms with van der Waals surface area (Å²) < 4.78 is 38.8. The van der Waals surface area contributed by atoms with Gasteiger partial charge in [-0.1, -0.05) is 12.1 Å². The molecule has 0 saturated heterocycles. The minimum absolute atomic E-state index is 0.0152. The summed E-state index contributed by atoms with van der Waals surface area (Å²) >= 11 is 0. The molecule has 0 bridgehead atoms. The first-order valence-electron chi connectivity index (χ1n) is 9.64. The van der Waals surface area contributed by atoms with Crippen LogP contribution in [-0.2, 0) is 11.0 Å². The van der Waals surface area contributed by atoms with E-state index in [2.05, 4.69) is 21.3 Å². The first-order chi connectivity index (χ1) is 14.7. The lowest BCUT2D eigenvalue weighted by Gasteiger charge is -2.14. The summed E-state index contributed by atoms with van der Waals surface area (Å²) in [7, 11) is 0. The van der Waals surface area contributed by atoms with Gasteiger partial charge in [0.2, 0.25) is 5.91 Å². The van der Waals surface area contributed by atoms with Gasteiger partial charge in [-0.05, 0) is 49.2 Å². The summed E-state index contributed by atoms with van der Waals surface area (Å²) in [5.74, 6) is -0.335. The largest absolute Gasteiger partial charge is 0.418 e. The van der Waals surface area contributed by atoms with E-state index < -0.39 is 17.8 Å². The minimum Gasteiger partial charge on any atom is -0.350 e. The van der Waals surface area contributed by atoms with Gasteiger partial charge in [-0.2, -0.15) is 13.2 Å². The molecule has 2 aromatic rings. The zero-order valence-corrected chi connectivity index (χ0v) is 16.4. The molecule has 3 rings (SSSR count). The first-order valence-corrected chi connectivity index (χ1v) is 9.64. The second-order valence-electron chi connectivity index (χ2n) is 7.02. The van der Waals surface area contributed by atoms with Crippen LogP contribution in [-0.4, -0.2) is 30.9 Å². The Morgan fingerprint density at radius 3 is 2.16 bits per heavy atom. The lowest BCUT2D eigenvalue weighted by molar-refractivity contribution is -0.136. The van der Waals surface area contributed by atoms with Crippen LogP contribution in [0.25, 0.3) is 0 Å². The van der Waals surface area contributed by atoms with Crippen molar-refractivity contribution >= 4 is 29.2 Å². The van der Waals surface area contributed by atoms with Crippen molar-refractivity contribution < 1.29 is 27.6 Å². The number of hydrogen-bond acceptors (Lipinski definition) is 3. The molecule has 10 heteroatoms. The molecule has 0 radical (unpaired) electrons. The van der Waals surface area contributed by atoms with E-state index in [0.29, 0.717) is 11.3 Å². The third-order valence-electron chi connectivity index (χ3n) is 4.54. The van der Waals surface area contributed by atoms with E-state index in [1.54, 1.807) is 24.3 Å². The van der Waals surface area contributed by atoms with Crippen LogP contribution in [0, 0.1) is 5.92 Å².